The minimum Gasteiger partial charge on any atom is -0.481 e. The molecule has 6 heteroatoms. The van der Waals surface area contributed by atoms with Crippen molar-refractivity contribution in [1.82, 2.24) is 0 Å². The molecule has 1 N–H and O–H groups in total. The van der Waals surface area contributed by atoms with Crippen LogP contribution < -0.4 is 4.90 Å². The Bertz CT molecular complexity index is 495. The van der Waals surface area contributed by atoms with Crippen molar-refractivity contribution in [3.05, 3.63) is 33.9 Å². The van der Waals surface area contributed by atoms with Gasteiger partial charge in [-0.05, 0) is 19.1 Å². The molecule has 0 aromatic heterocycles. The fourth-order valence-electron chi connectivity index (χ4n) is 2.20. The molecule has 2 rings (SSSR count). The normalized spacial score (nSPS) is 15.3. The number of benzene rings is 1. The van der Waals surface area contributed by atoms with Gasteiger partial charge in [0.1, 0.15) is 0 Å². The lowest BCUT2D eigenvalue weighted by molar-refractivity contribution is -0.385. The largest absolute Gasteiger partial charge is 0.481 e. The van der Waals surface area contributed by atoms with Crippen molar-refractivity contribution < 1.29 is 14.8 Å². The summed E-state index contributed by atoms with van der Waals surface area (Å²) in [6, 6.07) is 4.98. The van der Waals surface area contributed by atoms with Crippen molar-refractivity contribution in [1.29, 1.82) is 0 Å². The quantitative estimate of drug-likeness (QED) is 0.650. The third kappa shape index (κ3) is 2.42. The molecule has 0 saturated carbocycles. The molecule has 1 aliphatic heterocycles. The second-order valence-corrected chi connectivity index (χ2v) is 4.60. The van der Waals surface area contributed by atoms with Crippen LogP contribution in [0, 0.1) is 23.0 Å². The molecule has 1 aromatic carbocycles. The summed E-state index contributed by atoms with van der Waals surface area (Å²) in [4.78, 5) is 22.8. The van der Waals surface area contributed by atoms with E-state index in [0.29, 0.717) is 18.7 Å². The standard InChI is InChI=1S/C12H14N2O4/c1-8-4-10(2-3-11(8)14(17)18)13-6-9(7-13)5-12(15)16/h2-4,9H,5-7H2,1H3,(H,15,16). The van der Waals surface area contributed by atoms with E-state index in [0.717, 1.165) is 5.69 Å². The molecule has 1 aromatic rings. The third-order valence-corrected chi connectivity index (χ3v) is 3.16. The summed E-state index contributed by atoms with van der Waals surface area (Å²) in [6.07, 6.45) is 0.183. The van der Waals surface area contributed by atoms with Gasteiger partial charge in [0, 0.05) is 36.3 Å². The predicted molar refractivity (Wildman–Crippen MR) is 65.8 cm³/mol. The van der Waals surface area contributed by atoms with Gasteiger partial charge in [-0.1, -0.05) is 0 Å². The van der Waals surface area contributed by atoms with Gasteiger partial charge in [0.05, 0.1) is 11.3 Å². The number of nitro benzene ring substituents is 1. The first kappa shape index (κ1) is 12.3. The van der Waals surface area contributed by atoms with E-state index in [2.05, 4.69) is 0 Å². The first-order chi connectivity index (χ1) is 8.47. The van der Waals surface area contributed by atoms with Crippen molar-refractivity contribution in [3.63, 3.8) is 0 Å². The predicted octanol–water partition coefficient (Wildman–Crippen LogP) is 1.81. The first-order valence-electron chi connectivity index (χ1n) is 5.69. The van der Waals surface area contributed by atoms with E-state index >= 15 is 0 Å². The summed E-state index contributed by atoms with van der Waals surface area (Å²) >= 11 is 0. The number of carboxylic acids is 1. The fraction of sp³-hybridized carbons (Fsp3) is 0.417. The number of anilines is 1. The van der Waals surface area contributed by atoms with E-state index in [1.807, 2.05) is 4.90 Å². The molecule has 18 heavy (non-hydrogen) atoms. The molecule has 0 aliphatic carbocycles. The van der Waals surface area contributed by atoms with Gasteiger partial charge in [-0.25, -0.2) is 0 Å². The maximum atomic E-state index is 10.7. The number of nitro groups is 1. The third-order valence-electron chi connectivity index (χ3n) is 3.16. The lowest BCUT2D eigenvalue weighted by Crippen LogP contribution is -2.47. The number of carboxylic acid groups (broad SMARTS) is 1. The van der Waals surface area contributed by atoms with Gasteiger partial charge in [-0.15, -0.1) is 0 Å². The fourth-order valence-corrected chi connectivity index (χ4v) is 2.20. The lowest BCUT2D eigenvalue weighted by atomic mass is 9.95. The van der Waals surface area contributed by atoms with Crippen LogP contribution in [0.2, 0.25) is 0 Å². The number of aliphatic carboxylic acids is 1. The monoisotopic (exact) mass is 250 g/mol. The number of carbonyl (C=O) groups is 1. The van der Waals surface area contributed by atoms with Crippen molar-refractivity contribution >= 4 is 17.3 Å². The zero-order chi connectivity index (χ0) is 13.3. The van der Waals surface area contributed by atoms with Gasteiger partial charge in [-0.3, -0.25) is 14.9 Å². The van der Waals surface area contributed by atoms with Crippen LogP contribution in [-0.2, 0) is 4.79 Å². The van der Waals surface area contributed by atoms with Gasteiger partial charge in [0.25, 0.3) is 5.69 Å². The van der Waals surface area contributed by atoms with E-state index in [4.69, 9.17) is 5.11 Å². The Labute approximate surface area is 104 Å². The minimum atomic E-state index is -0.778. The number of nitrogens with zero attached hydrogens (tertiary/aromatic N) is 2. The second-order valence-electron chi connectivity index (χ2n) is 4.60. The maximum Gasteiger partial charge on any atom is 0.303 e. The molecule has 0 bridgehead atoms. The summed E-state index contributed by atoms with van der Waals surface area (Å²) in [5, 5.41) is 19.3. The van der Waals surface area contributed by atoms with Crippen molar-refractivity contribution in [2.75, 3.05) is 18.0 Å². The van der Waals surface area contributed by atoms with Gasteiger partial charge >= 0.3 is 5.97 Å². The summed E-state index contributed by atoms with van der Waals surface area (Å²) in [6.45, 7) is 3.10. The highest BCUT2D eigenvalue weighted by atomic mass is 16.6. The number of rotatable bonds is 4. The molecular formula is C12H14N2O4. The van der Waals surface area contributed by atoms with Crippen LogP contribution in [0.1, 0.15) is 12.0 Å². The molecule has 1 heterocycles. The van der Waals surface area contributed by atoms with Crippen LogP contribution in [0.3, 0.4) is 0 Å². The Balaban J connectivity index is 2.02. The van der Waals surface area contributed by atoms with Gasteiger partial charge in [-0.2, -0.15) is 0 Å². The Morgan fingerprint density at radius 3 is 2.72 bits per heavy atom. The Hall–Kier alpha value is -2.11. The lowest BCUT2D eigenvalue weighted by Gasteiger charge is -2.40. The number of hydrogen-bond acceptors (Lipinski definition) is 4. The molecule has 0 spiro atoms. The van der Waals surface area contributed by atoms with Crippen LogP contribution in [-0.4, -0.2) is 29.1 Å². The van der Waals surface area contributed by atoms with E-state index in [1.165, 1.54) is 6.07 Å². The van der Waals surface area contributed by atoms with Gasteiger partial charge in [0.15, 0.2) is 0 Å². The highest BCUT2D eigenvalue weighted by molar-refractivity contribution is 5.68. The second kappa shape index (κ2) is 4.64. The Kier molecular flexibility index (Phi) is 3.18. The smallest absolute Gasteiger partial charge is 0.303 e. The average Bonchev–Trinajstić information content (AvgIpc) is 2.21. The first-order valence-corrected chi connectivity index (χ1v) is 5.69. The highest BCUT2D eigenvalue weighted by Crippen LogP contribution is 2.30. The molecule has 96 valence electrons. The van der Waals surface area contributed by atoms with Crippen LogP contribution in [0.15, 0.2) is 18.2 Å². The molecule has 0 unspecified atom stereocenters. The van der Waals surface area contributed by atoms with Crippen LogP contribution in [0.25, 0.3) is 0 Å². The number of hydrogen-bond donors (Lipinski definition) is 1. The Morgan fingerprint density at radius 1 is 1.56 bits per heavy atom. The maximum absolute atomic E-state index is 10.7. The van der Waals surface area contributed by atoms with E-state index < -0.39 is 10.9 Å². The van der Waals surface area contributed by atoms with Gasteiger partial charge in [0.2, 0.25) is 0 Å². The van der Waals surface area contributed by atoms with Crippen LogP contribution >= 0.6 is 0 Å². The van der Waals surface area contributed by atoms with E-state index in [9.17, 15) is 14.9 Å². The average molecular weight is 250 g/mol. The summed E-state index contributed by atoms with van der Waals surface area (Å²) in [5.74, 6) is -0.600. The molecule has 6 nitrogen and oxygen atoms in total. The summed E-state index contributed by atoms with van der Waals surface area (Å²) in [5.41, 5.74) is 1.65. The SMILES string of the molecule is Cc1cc(N2CC(CC(=O)O)C2)ccc1[N+](=O)[O-]. The Morgan fingerprint density at radius 2 is 2.22 bits per heavy atom. The molecular weight excluding hydrogens is 236 g/mol. The van der Waals surface area contributed by atoms with Crippen molar-refractivity contribution in [2.24, 2.45) is 5.92 Å². The zero-order valence-electron chi connectivity index (χ0n) is 10.00. The zero-order valence-corrected chi connectivity index (χ0v) is 10.00. The van der Waals surface area contributed by atoms with Crippen LogP contribution in [0.4, 0.5) is 11.4 Å². The van der Waals surface area contributed by atoms with Gasteiger partial charge < -0.3 is 10.0 Å². The summed E-state index contributed by atoms with van der Waals surface area (Å²) < 4.78 is 0. The topological polar surface area (TPSA) is 83.7 Å². The highest BCUT2D eigenvalue weighted by Gasteiger charge is 2.29. The van der Waals surface area contributed by atoms with Crippen molar-refractivity contribution in [2.45, 2.75) is 13.3 Å². The molecule has 0 radical (unpaired) electrons. The summed E-state index contributed by atoms with van der Waals surface area (Å²) in [7, 11) is 0. The molecule has 0 atom stereocenters. The minimum absolute atomic E-state index is 0.112. The molecule has 0 amide bonds. The van der Waals surface area contributed by atoms with Crippen molar-refractivity contribution in [3.8, 4) is 0 Å². The molecule has 1 aliphatic rings. The molecule has 1 fully saturated rings. The molecule has 1 saturated heterocycles. The van der Waals surface area contributed by atoms with E-state index in [1.54, 1.807) is 19.1 Å². The van der Waals surface area contributed by atoms with E-state index in [-0.39, 0.29) is 18.0 Å². The van der Waals surface area contributed by atoms with Crippen LogP contribution in [0.5, 0.6) is 0 Å². The number of aryl methyl sites for hydroxylation is 1.